The second-order valence-electron chi connectivity index (χ2n) is 4.57. The van der Waals surface area contributed by atoms with Gasteiger partial charge in [-0.2, -0.15) is 0 Å². The van der Waals surface area contributed by atoms with Gasteiger partial charge in [0.05, 0.1) is 5.69 Å². The molecule has 0 atom stereocenters. The van der Waals surface area contributed by atoms with Gasteiger partial charge in [-0.1, -0.05) is 18.2 Å². The first-order valence-electron chi connectivity index (χ1n) is 6.13. The van der Waals surface area contributed by atoms with Crippen molar-refractivity contribution < 1.29 is 0 Å². The van der Waals surface area contributed by atoms with Crippen LogP contribution in [-0.2, 0) is 6.42 Å². The Morgan fingerprint density at radius 2 is 2.18 bits per heavy atom. The lowest BCUT2D eigenvalue weighted by atomic mass is 9.89. The molecular formula is C16H15N. The zero-order valence-electron chi connectivity index (χ0n) is 10.0. The monoisotopic (exact) mass is 221 g/mol. The molecule has 0 N–H and O–H groups in total. The third-order valence-electron chi connectivity index (χ3n) is 3.33. The topological polar surface area (TPSA) is 12.9 Å². The molecule has 3 rings (SSSR count). The number of hydrogen-bond donors (Lipinski definition) is 0. The van der Waals surface area contributed by atoms with E-state index in [9.17, 15) is 0 Å². The minimum absolute atomic E-state index is 1.08. The minimum Gasteiger partial charge on any atom is -0.256 e. The van der Waals surface area contributed by atoms with Crippen molar-refractivity contribution in [2.45, 2.75) is 26.2 Å². The van der Waals surface area contributed by atoms with Gasteiger partial charge in [0, 0.05) is 18.2 Å². The molecule has 1 nitrogen and oxygen atoms in total. The van der Waals surface area contributed by atoms with E-state index in [4.69, 9.17) is 0 Å². The van der Waals surface area contributed by atoms with Gasteiger partial charge in [-0.25, -0.2) is 0 Å². The van der Waals surface area contributed by atoms with Crippen LogP contribution in [0.4, 0.5) is 0 Å². The fourth-order valence-corrected chi connectivity index (χ4v) is 2.40. The summed E-state index contributed by atoms with van der Waals surface area (Å²) in [5.41, 5.74) is 6.22. The molecule has 84 valence electrons. The van der Waals surface area contributed by atoms with Crippen LogP contribution in [0.15, 0.2) is 36.5 Å². The number of benzene rings is 1. The largest absolute Gasteiger partial charge is 0.256 e. The number of fused-ring (bicyclic) bond motifs is 1. The summed E-state index contributed by atoms with van der Waals surface area (Å²) in [6.45, 7) is 2.11. The predicted octanol–water partition coefficient (Wildman–Crippen LogP) is 3.82. The van der Waals surface area contributed by atoms with Crippen molar-refractivity contribution in [1.29, 1.82) is 0 Å². The molecule has 0 bridgehead atoms. The summed E-state index contributed by atoms with van der Waals surface area (Å²) in [5, 5.41) is 0. The summed E-state index contributed by atoms with van der Waals surface area (Å²) in [5.74, 6) is 0. The number of nitrogens with zero attached hydrogens (tertiary/aromatic N) is 1. The van der Waals surface area contributed by atoms with Gasteiger partial charge in [-0.05, 0) is 55.0 Å². The van der Waals surface area contributed by atoms with E-state index in [0.717, 1.165) is 12.1 Å². The first kappa shape index (κ1) is 10.5. The van der Waals surface area contributed by atoms with E-state index in [2.05, 4.69) is 42.6 Å². The van der Waals surface area contributed by atoms with Gasteiger partial charge in [0.25, 0.3) is 0 Å². The molecule has 1 aliphatic carbocycles. The minimum atomic E-state index is 1.08. The first-order valence-corrected chi connectivity index (χ1v) is 6.13. The van der Waals surface area contributed by atoms with Crippen LogP contribution in [0.2, 0.25) is 0 Å². The van der Waals surface area contributed by atoms with Crippen molar-refractivity contribution in [2.75, 3.05) is 0 Å². The average molecular weight is 221 g/mol. The van der Waals surface area contributed by atoms with Gasteiger partial charge in [-0.15, -0.1) is 0 Å². The maximum Gasteiger partial charge on any atom is 0.0731 e. The van der Waals surface area contributed by atoms with Gasteiger partial charge >= 0.3 is 0 Å². The van der Waals surface area contributed by atoms with Crippen LogP contribution < -0.4 is 0 Å². The fraction of sp³-hybridized carbons (Fsp3) is 0.250. The molecule has 0 saturated carbocycles. The molecule has 2 aromatic rings. The summed E-state index contributed by atoms with van der Waals surface area (Å²) in [4.78, 5) is 4.47. The molecule has 0 saturated heterocycles. The molecular weight excluding hydrogens is 206 g/mol. The van der Waals surface area contributed by atoms with Crippen LogP contribution in [0.5, 0.6) is 0 Å². The third kappa shape index (κ3) is 1.97. The van der Waals surface area contributed by atoms with Gasteiger partial charge in [0.2, 0.25) is 0 Å². The molecule has 0 unspecified atom stereocenters. The molecule has 0 amide bonds. The van der Waals surface area contributed by atoms with Gasteiger partial charge < -0.3 is 0 Å². The van der Waals surface area contributed by atoms with E-state index in [-0.39, 0.29) is 0 Å². The lowest BCUT2D eigenvalue weighted by molar-refractivity contribution is 0.775. The average Bonchev–Trinajstić information content (AvgIpc) is 2.39. The molecule has 0 fully saturated rings. The highest BCUT2D eigenvalue weighted by molar-refractivity contribution is 5.65. The highest BCUT2D eigenvalue weighted by Crippen LogP contribution is 2.28. The van der Waals surface area contributed by atoms with Crippen molar-refractivity contribution in [2.24, 2.45) is 0 Å². The molecule has 1 heterocycles. The van der Waals surface area contributed by atoms with Crippen molar-refractivity contribution in [1.82, 2.24) is 4.98 Å². The molecule has 1 heteroatoms. The van der Waals surface area contributed by atoms with Gasteiger partial charge in [-0.3, -0.25) is 4.98 Å². The summed E-state index contributed by atoms with van der Waals surface area (Å²) < 4.78 is 0. The Balaban J connectivity index is 2.07. The number of rotatable bonds is 1. The number of hydrogen-bond acceptors (Lipinski definition) is 1. The van der Waals surface area contributed by atoms with E-state index in [1.807, 2.05) is 12.3 Å². The van der Waals surface area contributed by atoms with Gasteiger partial charge in [0.1, 0.15) is 0 Å². The van der Waals surface area contributed by atoms with E-state index >= 15 is 0 Å². The normalized spacial score (nSPS) is 14.4. The summed E-state index contributed by atoms with van der Waals surface area (Å²) in [7, 11) is 0. The van der Waals surface area contributed by atoms with Crippen LogP contribution >= 0.6 is 0 Å². The fourth-order valence-electron chi connectivity index (χ4n) is 2.40. The zero-order valence-corrected chi connectivity index (χ0v) is 10.0. The standard InChI is InChI=1S/C16H15N/c1-12-5-4-10-17-16(12)15-9-8-13-6-2-3-7-14(13)11-15/h4-5,8-11H,2-3,6H2,1H3. The van der Waals surface area contributed by atoms with E-state index in [0.29, 0.717) is 0 Å². The molecule has 1 aliphatic rings. The lowest BCUT2D eigenvalue weighted by Gasteiger charge is -2.16. The summed E-state index contributed by atoms with van der Waals surface area (Å²) >= 11 is 0. The Hall–Kier alpha value is -1.63. The maximum atomic E-state index is 4.47. The number of aryl methyl sites for hydroxylation is 2. The van der Waals surface area contributed by atoms with Crippen LogP contribution in [0.25, 0.3) is 11.3 Å². The summed E-state index contributed by atoms with van der Waals surface area (Å²) in [6.07, 6.45) is 8.82. The van der Waals surface area contributed by atoms with Crippen molar-refractivity contribution >= 4 is 0 Å². The molecule has 2 radical (unpaired) electrons. The lowest BCUT2D eigenvalue weighted by Crippen LogP contribution is -2.01. The first-order chi connectivity index (χ1) is 8.34. The second kappa shape index (κ2) is 4.33. The SMILES string of the molecule is Cc1cccnc1-c1ccc2c(c1)[C]CCC2. The van der Waals surface area contributed by atoms with Gasteiger partial charge in [0.15, 0.2) is 0 Å². The highest BCUT2D eigenvalue weighted by Gasteiger charge is 2.11. The molecule has 17 heavy (non-hydrogen) atoms. The highest BCUT2D eigenvalue weighted by atomic mass is 14.7. The molecule has 1 aromatic carbocycles. The Kier molecular flexibility index (Phi) is 2.68. The van der Waals surface area contributed by atoms with Crippen molar-refractivity contribution in [3.05, 3.63) is 59.6 Å². The molecule has 0 aliphatic heterocycles. The van der Waals surface area contributed by atoms with E-state index in [1.165, 1.54) is 35.1 Å². The maximum absolute atomic E-state index is 4.47. The van der Waals surface area contributed by atoms with E-state index < -0.39 is 0 Å². The van der Waals surface area contributed by atoms with Crippen LogP contribution in [-0.4, -0.2) is 4.98 Å². The van der Waals surface area contributed by atoms with Crippen LogP contribution in [0.3, 0.4) is 0 Å². The van der Waals surface area contributed by atoms with Crippen LogP contribution in [0.1, 0.15) is 29.5 Å². The van der Waals surface area contributed by atoms with E-state index in [1.54, 1.807) is 0 Å². The number of aromatic nitrogens is 1. The van der Waals surface area contributed by atoms with Crippen molar-refractivity contribution in [3.8, 4) is 11.3 Å². The Morgan fingerprint density at radius 1 is 1.24 bits per heavy atom. The second-order valence-corrected chi connectivity index (χ2v) is 4.57. The Bertz CT molecular complexity index is 543. The van der Waals surface area contributed by atoms with Crippen molar-refractivity contribution in [3.63, 3.8) is 0 Å². The smallest absolute Gasteiger partial charge is 0.0731 e. The third-order valence-corrected chi connectivity index (χ3v) is 3.33. The molecule has 1 aromatic heterocycles. The quantitative estimate of drug-likeness (QED) is 0.713. The zero-order chi connectivity index (χ0) is 11.7. The predicted molar refractivity (Wildman–Crippen MR) is 69.7 cm³/mol. The van der Waals surface area contributed by atoms with Crippen LogP contribution in [0, 0.1) is 13.3 Å². The Labute approximate surface area is 103 Å². The Morgan fingerprint density at radius 3 is 3.06 bits per heavy atom. The number of pyridine rings is 1. The molecule has 0 spiro atoms. The summed E-state index contributed by atoms with van der Waals surface area (Å²) in [6, 6.07) is 10.7.